The summed E-state index contributed by atoms with van der Waals surface area (Å²) in [6.45, 7) is 5.23. The fourth-order valence-corrected chi connectivity index (χ4v) is 4.45. The molecule has 26 heavy (non-hydrogen) atoms. The topological polar surface area (TPSA) is 37.2 Å². The van der Waals surface area contributed by atoms with Crippen molar-refractivity contribution in [2.75, 3.05) is 25.0 Å². The zero-order valence-corrected chi connectivity index (χ0v) is 16.2. The average molecular weight is 368 g/mol. The lowest BCUT2D eigenvalue weighted by Crippen LogP contribution is -2.43. The Balaban J connectivity index is 1.33. The van der Waals surface area contributed by atoms with E-state index in [1.165, 1.54) is 23.5 Å². The summed E-state index contributed by atoms with van der Waals surface area (Å²) in [6, 6.07) is 11.3. The minimum Gasteiger partial charge on any atom is -0.371 e. The lowest BCUT2D eigenvalue weighted by molar-refractivity contribution is 0.200. The van der Waals surface area contributed by atoms with E-state index in [-0.39, 0.29) is 0 Å². The van der Waals surface area contributed by atoms with Crippen molar-refractivity contribution in [1.29, 1.82) is 0 Å². The first-order valence-electron chi connectivity index (χ1n) is 9.15. The number of thiazole rings is 1. The van der Waals surface area contributed by atoms with Gasteiger partial charge in [-0.1, -0.05) is 0 Å². The summed E-state index contributed by atoms with van der Waals surface area (Å²) in [5, 5.41) is 7.65. The predicted octanol–water partition coefficient (Wildman–Crippen LogP) is 3.74. The van der Waals surface area contributed by atoms with E-state index < -0.39 is 0 Å². The van der Waals surface area contributed by atoms with E-state index in [4.69, 9.17) is 0 Å². The predicted molar refractivity (Wildman–Crippen MR) is 107 cm³/mol. The second-order valence-electron chi connectivity index (χ2n) is 6.98. The molecule has 136 valence electrons. The molecule has 0 atom stereocenters. The molecular formula is C20H25N5S. The molecule has 0 unspecified atom stereocenters. The molecule has 3 aromatic rings. The van der Waals surface area contributed by atoms with E-state index in [0.29, 0.717) is 6.04 Å². The number of hydrogen-bond acceptors (Lipinski definition) is 5. The highest BCUT2D eigenvalue weighted by Gasteiger charge is 2.23. The van der Waals surface area contributed by atoms with Crippen LogP contribution < -0.4 is 4.90 Å². The van der Waals surface area contributed by atoms with E-state index in [1.807, 2.05) is 23.1 Å². The molecule has 1 fully saturated rings. The first-order valence-corrected chi connectivity index (χ1v) is 10.0. The molecule has 5 nitrogen and oxygen atoms in total. The first-order chi connectivity index (χ1) is 12.7. The third kappa shape index (κ3) is 3.81. The van der Waals surface area contributed by atoms with Gasteiger partial charge in [-0.25, -0.2) is 9.67 Å². The second-order valence-corrected chi connectivity index (χ2v) is 7.93. The second kappa shape index (κ2) is 7.60. The Bertz CT molecular complexity index is 816. The number of aryl methyl sites for hydroxylation is 1. The Hall–Kier alpha value is -2.18. The Morgan fingerprint density at radius 2 is 1.88 bits per heavy atom. The van der Waals surface area contributed by atoms with Gasteiger partial charge in [-0.3, -0.25) is 4.90 Å². The molecule has 0 bridgehead atoms. The highest BCUT2D eigenvalue weighted by molar-refractivity contribution is 7.09. The van der Waals surface area contributed by atoms with Gasteiger partial charge in [0.15, 0.2) is 0 Å². The van der Waals surface area contributed by atoms with Crippen molar-refractivity contribution >= 4 is 17.0 Å². The summed E-state index contributed by atoms with van der Waals surface area (Å²) in [6.07, 6.45) is 6.17. The molecule has 0 N–H and O–H groups in total. The monoisotopic (exact) mass is 367 g/mol. The van der Waals surface area contributed by atoms with Crippen LogP contribution in [0.1, 0.15) is 23.5 Å². The number of anilines is 1. The summed E-state index contributed by atoms with van der Waals surface area (Å²) < 4.78 is 1.89. The summed E-state index contributed by atoms with van der Waals surface area (Å²) in [5.41, 5.74) is 3.54. The van der Waals surface area contributed by atoms with Crippen molar-refractivity contribution < 1.29 is 0 Å². The molecule has 0 aliphatic carbocycles. The quantitative estimate of drug-likeness (QED) is 0.688. The SMILES string of the molecule is Cc1csc(CN(C)C2CCN(c3ccc(-n4cccn4)cc3)CC2)n1. The van der Waals surface area contributed by atoms with Crippen molar-refractivity contribution in [2.24, 2.45) is 0 Å². The van der Waals surface area contributed by atoms with Crippen molar-refractivity contribution in [2.45, 2.75) is 32.4 Å². The molecule has 2 aromatic heterocycles. The molecule has 1 aromatic carbocycles. The molecule has 1 aliphatic rings. The van der Waals surface area contributed by atoms with Gasteiger partial charge in [0, 0.05) is 48.3 Å². The number of benzene rings is 1. The third-order valence-electron chi connectivity index (χ3n) is 5.12. The maximum atomic E-state index is 4.60. The molecule has 0 spiro atoms. The summed E-state index contributed by atoms with van der Waals surface area (Å²) in [4.78, 5) is 9.56. The number of rotatable bonds is 5. The van der Waals surface area contributed by atoms with E-state index in [9.17, 15) is 0 Å². The summed E-state index contributed by atoms with van der Waals surface area (Å²) in [5.74, 6) is 0. The van der Waals surface area contributed by atoms with Crippen LogP contribution in [-0.4, -0.2) is 45.8 Å². The van der Waals surface area contributed by atoms with Gasteiger partial charge in [-0.05, 0) is 57.1 Å². The number of hydrogen-bond donors (Lipinski definition) is 0. The summed E-state index contributed by atoms with van der Waals surface area (Å²) in [7, 11) is 2.23. The van der Waals surface area contributed by atoms with Crippen molar-refractivity contribution in [3.8, 4) is 5.69 Å². The standard InChI is InChI=1S/C20H25N5S/c1-16-15-26-20(22-16)14-23(2)17-8-12-24(13-9-17)18-4-6-19(7-5-18)25-11-3-10-21-25/h3-7,10-11,15,17H,8-9,12-14H2,1-2H3. The maximum absolute atomic E-state index is 4.60. The van der Waals surface area contributed by atoms with Crippen LogP contribution in [0.2, 0.25) is 0 Å². The van der Waals surface area contributed by atoms with Gasteiger partial charge in [0.05, 0.1) is 12.2 Å². The normalized spacial score (nSPS) is 15.7. The van der Waals surface area contributed by atoms with Crippen LogP contribution in [0.25, 0.3) is 5.69 Å². The van der Waals surface area contributed by atoms with Crippen LogP contribution in [0.5, 0.6) is 0 Å². The molecule has 0 amide bonds. The zero-order valence-electron chi connectivity index (χ0n) is 15.4. The number of aromatic nitrogens is 3. The van der Waals surface area contributed by atoms with E-state index >= 15 is 0 Å². The molecule has 0 radical (unpaired) electrons. The van der Waals surface area contributed by atoms with Gasteiger partial charge in [-0.2, -0.15) is 5.10 Å². The number of piperidine rings is 1. The van der Waals surface area contributed by atoms with Gasteiger partial charge in [0.2, 0.25) is 0 Å². The Morgan fingerprint density at radius 1 is 1.15 bits per heavy atom. The van der Waals surface area contributed by atoms with E-state index in [0.717, 1.165) is 31.0 Å². The van der Waals surface area contributed by atoms with Crippen molar-refractivity contribution in [1.82, 2.24) is 19.7 Å². The maximum Gasteiger partial charge on any atom is 0.107 e. The molecule has 0 saturated carbocycles. The Morgan fingerprint density at radius 3 is 2.50 bits per heavy atom. The fraction of sp³-hybridized carbons (Fsp3) is 0.400. The van der Waals surface area contributed by atoms with Crippen LogP contribution in [0.15, 0.2) is 48.1 Å². The molecule has 6 heteroatoms. The minimum atomic E-state index is 0.638. The highest BCUT2D eigenvalue weighted by atomic mass is 32.1. The van der Waals surface area contributed by atoms with Crippen LogP contribution in [0, 0.1) is 6.92 Å². The van der Waals surface area contributed by atoms with Crippen molar-refractivity contribution in [3.05, 3.63) is 58.8 Å². The van der Waals surface area contributed by atoms with E-state index in [2.05, 4.69) is 63.5 Å². The first kappa shape index (κ1) is 17.2. The molecule has 1 aliphatic heterocycles. The fourth-order valence-electron chi connectivity index (χ4n) is 3.62. The van der Waals surface area contributed by atoms with Crippen molar-refractivity contribution in [3.63, 3.8) is 0 Å². The third-order valence-corrected chi connectivity index (χ3v) is 6.07. The van der Waals surface area contributed by atoms with E-state index in [1.54, 1.807) is 11.3 Å². The highest BCUT2D eigenvalue weighted by Crippen LogP contribution is 2.24. The lowest BCUT2D eigenvalue weighted by atomic mass is 10.0. The van der Waals surface area contributed by atoms with Crippen LogP contribution in [-0.2, 0) is 6.54 Å². The summed E-state index contributed by atoms with van der Waals surface area (Å²) >= 11 is 1.77. The molecule has 4 rings (SSSR count). The largest absolute Gasteiger partial charge is 0.371 e. The van der Waals surface area contributed by atoms with Gasteiger partial charge in [0.25, 0.3) is 0 Å². The van der Waals surface area contributed by atoms with Crippen LogP contribution >= 0.6 is 11.3 Å². The molecular weight excluding hydrogens is 342 g/mol. The van der Waals surface area contributed by atoms with Gasteiger partial charge in [-0.15, -0.1) is 11.3 Å². The molecule has 1 saturated heterocycles. The van der Waals surface area contributed by atoms with Gasteiger partial charge in [0.1, 0.15) is 5.01 Å². The average Bonchev–Trinajstić information content (AvgIpc) is 3.34. The molecule has 3 heterocycles. The smallest absolute Gasteiger partial charge is 0.107 e. The van der Waals surface area contributed by atoms with Gasteiger partial charge >= 0.3 is 0 Å². The zero-order chi connectivity index (χ0) is 17.9. The minimum absolute atomic E-state index is 0.638. The van der Waals surface area contributed by atoms with Gasteiger partial charge < -0.3 is 4.90 Å². The van der Waals surface area contributed by atoms with Crippen LogP contribution in [0.3, 0.4) is 0 Å². The Kier molecular flexibility index (Phi) is 5.04. The lowest BCUT2D eigenvalue weighted by Gasteiger charge is -2.37. The van der Waals surface area contributed by atoms with Crippen LogP contribution in [0.4, 0.5) is 5.69 Å². The Labute approximate surface area is 158 Å². The number of nitrogens with zero attached hydrogens (tertiary/aromatic N) is 5.